The Bertz CT molecular complexity index is 720. The maximum atomic E-state index is 13.2. The van der Waals surface area contributed by atoms with Crippen molar-refractivity contribution in [3.05, 3.63) is 35.4 Å². The van der Waals surface area contributed by atoms with Gasteiger partial charge in [-0.25, -0.2) is 0 Å². The Morgan fingerprint density at radius 2 is 1.96 bits per heavy atom. The highest BCUT2D eigenvalue weighted by Gasteiger charge is 2.42. The summed E-state index contributed by atoms with van der Waals surface area (Å²) >= 11 is 0. The summed E-state index contributed by atoms with van der Waals surface area (Å²) in [5.74, 6) is 0.0992. The van der Waals surface area contributed by atoms with Gasteiger partial charge in [0, 0.05) is 26.7 Å². The fourth-order valence-corrected chi connectivity index (χ4v) is 5.53. The third-order valence-corrected chi connectivity index (χ3v) is 6.96. The summed E-state index contributed by atoms with van der Waals surface area (Å²) in [6.07, 6.45) is 2.33. The maximum absolute atomic E-state index is 13.2. The van der Waals surface area contributed by atoms with Gasteiger partial charge in [-0.2, -0.15) is 17.0 Å². The number of carbonyl (C=O) groups excluding carboxylic acids is 1. The molecular weight excluding hydrogens is 326 g/mol. The molecule has 1 fully saturated rings. The van der Waals surface area contributed by atoms with E-state index in [0.717, 1.165) is 24.0 Å². The molecule has 0 radical (unpaired) electrons. The van der Waals surface area contributed by atoms with Gasteiger partial charge in [-0.05, 0) is 36.3 Å². The van der Waals surface area contributed by atoms with Crippen molar-refractivity contribution in [3.63, 3.8) is 0 Å². The molecule has 24 heavy (non-hydrogen) atoms. The number of carbonyl (C=O) groups is 1. The molecule has 1 amide bonds. The number of likely N-dealkylation sites (N-methyl/N-ethyl adjacent to an activating group) is 1. The molecule has 2 heterocycles. The Morgan fingerprint density at radius 1 is 1.25 bits per heavy atom. The van der Waals surface area contributed by atoms with E-state index in [1.807, 2.05) is 24.3 Å². The van der Waals surface area contributed by atoms with Gasteiger partial charge in [-0.1, -0.05) is 31.2 Å². The van der Waals surface area contributed by atoms with Crippen LogP contribution in [0.5, 0.6) is 0 Å². The normalized spacial score (nSPS) is 25.9. The molecule has 0 unspecified atom stereocenters. The molecule has 2 atom stereocenters. The van der Waals surface area contributed by atoms with Crippen molar-refractivity contribution in [1.29, 1.82) is 0 Å². The smallest absolute Gasteiger partial charge is 0.283 e. The first kappa shape index (κ1) is 17.4. The van der Waals surface area contributed by atoms with Crippen LogP contribution in [0.2, 0.25) is 0 Å². The minimum absolute atomic E-state index is 0.251. The number of nitrogens with one attached hydrogen (secondary N) is 1. The van der Waals surface area contributed by atoms with Crippen LogP contribution < -0.4 is 5.32 Å². The number of nitrogens with zero attached hydrogens (tertiary/aromatic N) is 2. The topological polar surface area (TPSA) is 69.7 Å². The predicted molar refractivity (Wildman–Crippen MR) is 92.4 cm³/mol. The van der Waals surface area contributed by atoms with E-state index in [9.17, 15) is 13.2 Å². The number of fused-ring (bicyclic) bond motifs is 1. The molecule has 0 saturated carbocycles. The van der Waals surface area contributed by atoms with Gasteiger partial charge in [0.2, 0.25) is 5.91 Å². The lowest BCUT2D eigenvalue weighted by molar-refractivity contribution is -0.124. The van der Waals surface area contributed by atoms with Crippen LogP contribution >= 0.6 is 0 Å². The summed E-state index contributed by atoms with van der Waals surface area (Å²) in [5.41, 5.74) is 2.02. The molecule has 1 saturated heterocycles. The van der Waals surface area contributed by atoms with Crippen LogP contribution in [0.4, 0.5) is 0 Å². The van der Waals surface area contributed by atoms with E-state index in [2.05, 4.69) is 12.2 Å². The first-order valence-electron chi connectivity index (χ1n) is 8.48. The molecule has 3 rings (SSSR count). The zero-order valence-corrected chi connectivity index (χ0v) is 15.1. The Balaban J connectivity index is 1.95. The third kappa shape index (κ3) is 3.20. The minimum atomic E-state index is -3.66. The van der Waals surface area contributed by atoms with Gasteiger partial charge >= 0.3 is 0 Å². The van der Waals surface area contributed by atoms with Crippen molar-refractivity contribution >= 4 is 16.1 Å². The number of benzene rings is 1. The zero-order chi connectivity index (χ0) is 17.3. The van der Waals surface area contributed by atoms with Gasteiger partial charge < -0.3 is 5.32 Å². The number of hydrogen-bond donors (Lipinski definition) is 1. The molecule has 0 bridgehead atoms. The highest BCUT2D eigenvalue weighted by molar-refractivity contribution is 7.86. The summed E-state index contributed by atoms with van der Waals surface area (Å²) in [7, 11) is -2.11. The molecule has 2 aliphatic rings. The molecule has 6 nitrogen and oxygen atoms in total. The average Bonchev–Trinajstić information content (AvgIpc) is 2.60. The van der Waals surface area contributed by atoms with Gasteiger partial charge in [0.05, 0.1) is 0 Å². The van der Waals surface area contributed by atoms with Crippen LogP contribution in [-0.2, 0) is 28.0 Å². The third-order valence-electron chi connectivity index (χ3n) is 5.00. The number of piperidine rings is 1. The van der Waals surface area contributed by atoms with E-state index in [4.69, 9.17) is 0 Å². The van der Waals surface area contributed by atoms with Crippen molar-refractivity contribution in [2.45, 2.75) is 38.8 Å². The van der Waals surface area contributed by atoms with Gasteiger partial charge in [0.25, 0.3) is 10.2 Å². The van der Waals surface area contributed by atoms with Crippen molar-refractivity contribution in [2.75, 3.05) is 20.1 Å². The van der Waals surface area contributed by atoms with Crippen LogP contribution in [-0.4, -0.2) is 49.1 Å². The second kappa shape index (κ2) is 6.82. The van der Waals surface area contributed by atoms with Crippen molar-refractivity contribution in [1.82, 2.24) is 13.9 Å². The molecule has 0 spiro atoms. The summed E-state index contributed by atoms with van der Waals surface area (Å²) in [6.45, 7) is 3.39. The molecule has 132 valence electrons. The van der Waals surface area contributed by atoms with Crippen LogP contribution in [0.3, 0.4) is 0 Å². The van der Waals surface area contributed by atoms with Crippen LogP contribution in [0.15, 0.2) is 24.3 Å². The van der Waals surface area contributed by atoms with Crippen molar-refractivity contribution in [3.8, 4) is 0 Å². The molecule has 1 N–H and O–H groups in total. The van der Waals surface area contributed by atoms with Gasteiger partial charge in [0.1, 0.15) is 6.04 Å². The predicted octanol–water partition coefficient (Wildman–Crippen LogP) is 1.14. The van der Waals surface area contributed by atoms with E-state index in [1.54, 1.807) is 11.4 Å². The largest absolute Gasteiger partial charge is 0.358 e. The number of amides is 1. The summed E-state index contributed by atoms with van der Waals surface area (Å²) in [4.78, 5) is 12.3. The number of rotatable bonds is 3. The lowest BCUT2D eigenvalue weighted by Crippen LogP contribution is -2.57. The highest BCUT2D eigenvalue weighted by atomic mass is 32.2. The molecule has 7 heteroatoms. The standard InChI is InChI=1S/C17H25N3O3S/c1-13-6-5-9-19(11-13)24(22,23)20-12-15-8-4-3-7-14(15)10-16(20)17(21)18-2/h3-4,7-8,13,16H,5-6,9-12H2,1-2H3,(H,18,21)/t13-,16-/m0/s1. The molecule has 1 aromatic rings. The lowest BCUT2D eigenvalue weighted by Gasteiger charge is -2.39. The zero-order valence-electron chi connectivity index (χ0n) is 14.2. The molecular formula is C17H25N3O3S. The second-order valence-corrected chi connectivity index (χ2v) is 8.64. The van der Waals surface area contributed by atoms with E-state index >= 15 is 0 Å². The summed E-state index contributed by atoms with van der Waals surface area (Å²) in [5, 5.41) is 2.62. The quantitative estimate of drug-likeness (QED) is 0.888. The first-order chi connectivity index (χ1) is 11.4. The fraction of sp³-hybridized carbons (Fsp3) is 0.588. The molecule has 0 aromatic heterocycles. The minimum Gasteiger partial charge on any atom is -0.358 e. The van der Waals surface area contributed by atoms with E-state index in [-0.39, 0.29) is 12.5 Å². The Labute approximate surface area is 144 Å². The average molecular weight is 351 g/mol. The monoisotopic (exact) mass is 351 g/mol. The van der Waals surface area contributed by atoms with Crippen molar-refractivity contribution < 1.29 is 13.2 Å². The summed E-state index contributed by atoms with van der Waals surface area (Å²) in [6, 6.07) is 7.06. The second-order valence-electron chi connectivity index (χ2n) is 6.76. The SMILES string of the molecule is CNC(=O)[C@@H]1Cc2ccccc2CN1S(=O)(=O)N1CCC[C@H](C)C1. The van der Waals surface area contributed by atoms with Gasteiger partial charge in [0.15, 0.2) is 0 Å². The fourth-order valence-electron chi connectivity index (χ4n) is 3.64. The Hall–Kier alpha value is -1.44. The van der Waals surface area contributed by atoms with Crippen LogP contribution in [0.25, 0.3) is 0 Å². The molecule has 2 aliphatic heterocycles. The Kier molecular flexibility index (Phi) is 4.94. The van der Waals surface area contributed by atoms with Crippen LogP contribution in [0.1, 0.15) is 30.9 Å². The summed E-state index contributed by atoms with van der Waals surface area (Å²) < 4.78 is 29.3. The van der Waals surface area contributed by atoms with Crippen molar-refractivity contribution in [2.24, 2.45) is 5.92 Å². The van der Waals surface area contributed by atoms with Gasteiger partial charge in [-0.15, -0.1) is 0 Å². The lowest BCUT2D eigenvalue weighted by atomic mass is 9.95. The Morgan fingerprint density at radius 3 is 2.62 bits per heavy atom. The van der Waals surface area contributed by atoms with Crippen LogP contribution in [0, 0.1) is 5.92 Å². The maximum Gasteiger partial charge on any atom is 0.283 e. The number of hydrogen-bond acceptors (Lipinski definition) is 3. The molecule has 1 aromatic carbocycles. The highest BCUT2D eigenvalue weighted by Crippen LogP contribution is 2.29. The molecule has 0 aliphatic carbocycles. The van der Waals surface area contributed by atoms with Gasteiger partial charge in [-0.3, -0.25) is 4.79 Å². The van der Waals surface area contributed by atoms with E-state index in [1.165, 1.54) is 4.31 Å². The van der Waals surface area contributed by atoms with E-state index < -0.39 is 16.3 Å². The first-order valence-corrected chi connectivity index (χ1v) is 9.88. The van der Waals surface area contributed by atoms with E-state index in [0.29, 0.717) is 25.4 Å².